The van der Waals surface area contributed by atoms with Gasteiger partial charge in [-0.25, -0.2) is 0 Å². The Balaban J connectivity index is 1.44. The number of benzene rings is 2. The van der Waals surface area contributed by atoms with Crippen LogP contribution in [0.4, 0.5) is 5.69 Å². The third-order valence-electron chi connectivity index (χ3n) is 5.70. The van der Waals surface area contributed by atoms with Crippen molar-refractivity contribution in [3.8, 4) is 11.5 Å². The lowest BCUT2D eigenvalue weighted by Crippen LogP contribution is -2.49. The number of nitrogens with one attached hydrogen (secondary N) is 2. The molecule has 1 unspecified atom stereocenters. The molecule has 31 heavy (non-hydrogen) atoms. The van der Waals surface area contributed by atoms with Crippen molar-refractivity contribution >= 4 is 17.5 Å². The molecule has 8 nitrogen and oxygen atoms in total. The van der Waals surface area contributed by atoms with Gasteiger partial charge in [0.25, 0.3) is 0 Å². The first-order valence-electron chi connectivity index (χ1n) is 10.5. The molecule has 2 aliphatic rings. The van der Waals surface area contributed by atoms with Gasteiger partial charge in [-0.3, -0.25) is 14.5 Å². The van der Waals surface area contributed by atoms with Crippen LogP contribution in [-0.4, -0.2) is 68.2 Å². The number of anilines is 1. The minimum Gasteiger partial charge on any atom is -0.454 e. The van der Waals surface area contributed by atoms with Crippen LogP contribution >= 0.6 is 0 Å². The number of carbonyl (C=O) groups excluding carboxylic acids is 2. The fraction of sp³-hybridized carbons (Fsp3) is 0.391. The van der Waals surface area contributed by atoms with E-state index in [4.69, 9.17) is 9.47 Å². The normalized spacial score (nSPS) is 17.2. The topological polar surface area (TPSA) is 83.1 Å². The number of nitrogens with zero attached hydrogens (tertiary/aromatic N) is 2. The summed E-state index contributed by atoms with van der Waals surface area (Å²) in [5, 5.41) is 5.47. The van der Waals surface area contributed by atoms with Gasteiger partial charge in [0, 0.05) is 38.4 Å². The van der Waals surface area contributed by atoms with E-state index in [-0.39, 0.29) is 12.8 Å². The van der Waals surface area contributed by atoms with Crippen molar-refractivity contribution in [2.45, 2.75) is 13.0 Å². The van der Waals surface area contributed by atoms with Gasteiger partial charge in [-0.2, -0.15) is 0 Å². The molecule has 0 radical (unpaired) electrons. The lowest BCUT2D eigenvalue weighted by atomic mass is 10.0. The van der Waals surface area contributed by atoms with Crippen molar-refractivity contribution in [2.24, 2.45) is 0 Å². The summed E-state index contributed by atoms with van der Waals surface area (Å²) in [5.41, 5.74) is 2.64. The second kappa shape index (κ2) is 9.36. The quantitative estimate of drug-likeness (QED) is 0.712. The van der Waals surface area contributed by atoms with E-state index in [1.165, 1.54) is 0 Å². The summed E-state index contributed by atoms with van der Waals surface area (Å²) >= 11 is 0. The van der Waals surface area contributed by atoms with Crippen LogP contribution in [0.2, 0.25) is 0 Å². The Kier molecular flexibility index (Phi) is 6.39. The maximum atomic E-state index is 12.5. The first-order chi connectivity index (χ1) is 15.0. The molecule has 2 aliphatic heterocycles. The number of rotatable bonds is 5. The molecule has 2 amide bonds. The van der Waals surface area contributed by atoms with Crippen LogP contribution in [0.5, 0.6) is 11.5 Å². The number of hydrogen-bond acceptors (Lipinski definition) is 6. The van der Waals surface area contributed by atoms with Gasteiger partial charge in [0.15, 0.2) is 11.5 Å². The molecule has 0 bridgehead atoms. The zero-order valence-corrected chi connectivity index (χ0v) is 17.9. The van der Waals surface area contributed by atoms with Crippen LogP contribution in [-0.2, 0) is 9.59 Å². The molecule has 8 heteroatoms. The maximum Gasteiger partial charge on any atom is 0.313 e. The molecule has 4 rings (SSSR count). The molecule has 0 spiro atoms. The number of ether oxygens (including phenoxy) is 2. The van der Waals surface area contributed by atoms with Crippen molar-refractivity contribution in [3.63, 3.8) is 0 Å². The highest BCUT2D eigenvalue weighted by Crippen LogP contribution is 2.35. The number of aryl methyl sites for hydroxylation is 1. The van der Waals surface area contributed by atoms with Crippen LogP contribution in [0.3, 0.4) is 0 Å². The highest BCUT2D eigenvalue weighted by molar-refractivity contribution is 6.39. The van der Waals surface area contributed by atoms with Gasteiger partial charge in [-0.05, 0) is 49.4 Å². The van der Waals surface area contributed by atoms with E-state index in [2.05, 4.69) is 27.5 Å². The zero-order chi connectivity index (χ0) is 21.8. The summed E-state index contributed by atoms with van der Waals surface area (Å²) in [6, 6.07) is 13.1. The molecule has 164 valence electrons. The zero-order valence-electron chi connectivity index (χ0n) is 17.9. The highest BCUT2D eigenvalue weighted by Gasteiger charge is 2.27. The van der Waals surface area contributed by atoms with E-state index in [0.29, 0.717) is 18.0 Å². The third kappa shape index (κ3) is 5.15. The Morgan fingerprint density at radius 1 is 1.00 bits per heavy atom. The number of likely N-dealkylation sites (N-methyl/N-ethyl adjacent to an activating group) is 1. The lowest BCUT2D eigenvalue weighted by molar-refractivity contribution is -0.136. The monoisotopic (exact) mass is 424 g/mol. The number of fused-ring (bicyclic) bond motifs is 1. The first-order valence-corrected chi connectivity index (χ1v) is 10.5. The van der Waals surface area contributed by atoms with Crippen molar-refractivity contribution in [3.05, 3.63) is 53.6 Å². The van der Waals surface area contributed by atoms with Gasteiger partial charge >= 0.3 is 11.8 Å². The van der Waals surface area contributed by atoms with E-state index < -0.39 is 11.8 Å². The predicted molar refractivity (Wildman–Crippen MR) is 117 cm³/mol. The van der Waals surface area contributed by atoms with E-state index >= 15 is 0 Å². The van der Waals surface area contributed by atoms with Crippen LogP contribution in [0.1, 0.15) is 17.2 Å². The number of piperazine rings is 1. The molecule has 0 aliphatic carbocycles. The maximum absolute atomic E-state index is 12.5. The minimum atomic E-state index is -0.673. The molecule has 1 saturated heterocycles. The van der Waals surface area contributed by atoms with Crippen molar-refractivity contribution in [1.82, 2.24) is 15.1 Å². The first kappa shape index (κ1) is 21.1. The van der Waals surface area contributed by atoms with E-state index in [9.17, 15) is 9.59 Å². The Morgan fingerprint density at radius 2 is 1.77 bits per heavy atom. The molecular weight excluding hydrogens is 396 g/mol. The largest absolute Gasteiger partial charge is 0.454 e. The molecule has 2 aromatic rings. The van der Waals surface area contributed by atoms with E-state index in [1.54, 1.807) is 6.07 Å². The summed E-state index contributed by atoms with van der Waals surface area (Å²) in [7, 11) is 2.10. The number of carbonyl (C=O) groups is 2. The Hall–Kier alpha value is -3.10. The smallest absolute Gasteiger partial charge is 0.313 e. The van der Waals surface area contributed by atoms with Gasteiger partial charge in [0.1, 0.15) is 0 Å². The van der Waals surface area contributed by atoms with Crippen LogP contribution in [0, 0.1) is 6.92 Å². The molecule has 0 saturated carbocycles. The summed E-state index contributed by atoms with van der Waals surface area (Å²) in [6.45, 7) is 6.12. The summed E-state index contributed by atoms with van der Waals surface area (Å²) < 4.78 is 11.0. The Labute approximate surface area is 182 Å². The summed E-state index contributed by atoms with van der Waals surface area (Å²) in [6.07, 6.45) is 0. The fourth-order valence-electron chi connectivity index (χ4n) is 3.89. The molecular formula is C23H28N4O4. The molecule has 0 aromatic heterocycles. The standard InChI is InChI=1S/C23H28N4O4/c1-16-4-3-5-18(12-16)25-23(29)22(28)24-14-19(27-10-8-26(2)9-11-27)17-6-7-20-21(13-17)31-15-30-20/h3-7,12-13,19H,8-11,14-15H2,1-2H3,(H,24,28)(H,25,29). The van der Waals surface area contributed by atoms with Crippen LogP contribution in [0.25, 0.3) is 0 Å². The highest BCUT2D eigenvalue weighted by atomic mass is 16.7. The number of amides is 2. The van der Waals surface area contributed by atoms with Gasteiger partial charge in [0.2, 0.25) is 6.79 Å². The molecule has 1 fully saturated rings. The average Bonchev–Trinajstić information content (AvgIpc) is 3.23. The van der Waals surface area contributed by atoms with E-state index in [1.807, 2.05) is 43.3 Å². The predicted octanol–water partition coefficient (Wildman–Crippen LogP) is 1.77. The second-order valence-electron chi connectivity index (χ2n) is 8.00. The molecule has 2 N–H and O–H groups in total. The summed E-state index contributed by atoms with van der Waals surface area (Å²) in [5.74, 6) is 0.109. The SMILES string of the molecule is Cc1cccc(NC(=O)C(=O)NCC(c2ccc3c(c2)OCO3)N2CCN(C)CC2)c1. The van der Waals surface area contributed by atoms with Crippen molar-refractivity contribution in [1.29, 1.82) is 0 Å². The van der Waals surface area contributed by atoms with Gasteiger partial charge in [-0.1, -0.05) is 18.2 Å². The van der Waals surface area contributed by atoms with Crippen LogP contribution in [0.15, 0.2) is 42.5 Å². The Morgan fingerprint density at radius 3 is 2.55 bits per heavy atom. The van der Waals surface area contributed by atoms with Crippen LogP contribution < -0.4 is 20.1 Å². The molecule has 2 aromatic carbocycles. The molecule has 2 heterocycles. The van der Waals surface area contributed by atoms with Gasteiger partial charge in [0.05, 0.1) is 6.04 Å². The Bertz CT molecular complexity index is 956. The van der Waals surface area contributed by atoms with Crippen molar-refractivity contribution < 1.29 is 19.1 Å². The average molecular weight is 425 g/mol. The van der Waals surface area contributed by atoms with Gasteiger partial charge < -0.3 is 25.0 Å². The lowest BCUT2D eigenvalue weighted by Gasteiger charge is -2.38. The fourth-order valence-corrected chi connectivity index (χ4v) is 3.89. The summed E-state index contributed by atoms with van der Waals surface area (Å²) in [4.78, 5) is 29.5. The number of hydrogen-bond donors (Lipinski definition) is 2. The third-order valence-corrected chi connectivity index (χ3v) is 5.70. The second-order valence-corrected chi connectivity index (χ2v) is 8.00. The molecule has 1 atom stereocenters. The minimum absolute atomic E-state index is 0.0704. The van der Waals surface area contributed by atoms with Crippen molar-refractivity contribution in [2.75, 3.05) is 51.9 Å². The van der Waals surface area contributed by atoms with Gasteiger partial charge in [-0.15, -0.1) is 0 Å². The van der Waals surface area contributed by atoms with E-state index in [0.717, 1.165) is 43.1 Å².